The van der Waals surface area contributed by atoms with Gasteiger partial charge in [0.15, 0.2) is 23.5 Å². The summed E-state index contributed by atoms with van der Waals surface area (Å²) in [5, 5.41) is 22.0. The molecule has 9 heteroatoms. The number of nitro groups is 1. The zero-order chi connectivity index (χ0) is 16.3. The van der Waals surface area contributed by atoms with Crippen molar-refractivity contribution in [3.63, 3.8) is 0 Å². The van der Waals surface area contributed by atoms with E-state index in [9.17, 15) is 15.2 Å². The summed E-state index contributed by atoms with van der Waals surface area (Å²) < 4.78 is 28.1. The maximum atomic E-state index is 11.0. The van der Waals surface area contributed by atoms with Crippen molar-refractivity contribution in [2.75, 3.05) is 13.2 Å². The van der Waals surface area contributed by atoms with Crippen molar-refractivity contribution in [2.45, 2.75) is 69.5 Å². The molecule has 3 aliphatic rings. The molecule has 126 valence electrons. The third-order valence-corrected chi connectivity index (χ3v) is 4.07. The molecular formula is C13H21NO8. The molecule has 0 aromatic heterocycles. The zero-order valence-electron chi connectivity index (χ0n) is 13.0. The first-order valence-electron chi connectivity index (χ1n) is 7.19. The van der Waals surface area contributed by atoms with Gasteiger partial charge in [0.2, 0.25) is 6.54 Å². The third kappa shape index (κ3) is 2.61. The van der Waals surface area contributed by atoms with Crippen LogP contribution in [0.3, 0.4) is 0 Å². The molecule has 0 amide bonds. The Hall–Kier alpha value is -0.840. The molecule has 22 heavy (non-hydrogen) atoms. The van der Waals surface area contributed by atoms with Gasteiger partial charge in [-0.05, 0) is 27.7 Å². The second-order valence-electron chi connectivity index (χ2n) is 6.83. The van der Waals surface area contributed by atoms with Crippen LogP contribution in [0, 0.1) is 10.1 Å². The summed E-state index contributed by atoms with van der Waals surface area (Å²) in [5.74, 6) is -1.81. The van der Waals surface area contributed by atoms with Crippen LogP contribution in [0.5, 0.6) is 0 Å². The molecule has 3 rings (SSSR count). The van der Waals surface area contributed by atoms with E-state index >= 15 is 0 Å². The summed E-state index contributed by atoms with van der Waals surface area (Å²) in [5.41, 5.74) is -1.85. The van der Waals surface area contributed by atoms with Crippen molar-refractivity contribution >= 4 is 0 Å². The van der Waals surface area contributed by atoms with Crippen LogP contribution in [0.1, 0.15) is 27.7 Å². The van der Waals surface area contributed by atoms with Crippen molar-refractivity contribution in [1.29, 1.82) is 0 Å². The fraction of sp³-hybridized carbons (Fsp3) is 1.00. The maximum absolute atomic E-state index is 11.0. The van der Waals surface area contributed by atoms with Crippen LogP contribution in [0.15, 0.2) is 0 Å². The number of fused-ring (bicyclic) bond motifs is 1. The number of hydrogen-bond donors (Lipinski definition) is 1. The van der Waals surface area contributed by atoms with Gasteiger partial charge in [0.25, 0.3) is 0 Å². The summed E-state index contributed by atoms with van der Waals surface area (Å²) in [6.07, 6.45) is -3.44. The maximum Gasteiger partial charge on any atom is 0.237 e. The molecule has 0 aromatic rings. The monoisotopic (exact) mass is 319 g/mol. The van der Waals surface area contributed by atoms with E-state index in [0.29, 0.717) is 0 Å². The van der Waals surface area contributed by atoms with Gasteiger partial charge in [0, 0.05) is 4.92 Å². The van der Waals surface area contributed by atoms with E-state index in [-0.39, 0.29) is 6.61 Å². The molecule has 0 bridgehead atoms. The Kier molecular flexibility index (Phi) is 3.52. The molecule has 0 aromatic carbocycles. The van der Waals surface area contributed by atoms with E-state index in [1.165, 1.54) is 0 Å². The number of hydrogen-bond acceptors (Lipinski definition) is 8. The van der Waals surface area contributed by atoms with Gasteiger partial charge in [0.05, 0.1) is 6.61 Å². The Bertz CT molecular complexity index is 481. The van der Waals surface area contributed by atoms with E-state index in [2.05, 4.69) is 0 Å². The summed E-state index contributed by atoms with van der Waals surface area (Å²) in [4.78, 5) is 10.4. The topological polar surface area (TPSA) is 110 Å². The van der Waals surface area contributed by atoms with Crippen molar-refractivity contribution in [3.8, 4) is 0 Å². The SMILES string of the molecule is CC1(C)OC[C@H]([C@@H]2O[C@@H]3OC(C)(C)O[C@@H]3[C@@]2(O)C[N+](=O)[O-])O1. The predicted octanol–water partition coefficient (Wildman–Crippen LogP) is 0.0221. The van der Waals surface area contributed by atoms with Crippen LogP contribution < -0.4 is 0 Å². The highest BCUT2D eigenvalue weighted by atomic mass is 16.8. The summed E-state index contributed by atoms with van der Waals surface area (Å²) in [6.45, 7) is 6.22. The van der Waals surface area contributed by atoms with Crippen LogP contribution in [0.2, 0.25) is 0 Å². The van der Waals surface area contributed by atoms with Crippen LogP contribution in [-0.2, 0) is 23.7 Å². The first kappa shape index (κ1) is 16.0. The molecular weight excluding hydrogens is 298 g/mol. The minimum atomic E-state index is -1.85. The number of rotatable bonds is 3. The molecule has 5 atom stereocenters. The molecule has 3 aliphatic heterocycles. The fourth-order valence-electron chi connectivity index (χ4n) is 3.25. The number of ether oxygens (including phenoxy) is 5. The lowest BCUT2D eigenvalue weighted by molar-refractivity contribution is -0.507. The highest BCUT2D eigenvalue weighted by Gasteiger charge is 2.68. The van der Waals surface area contributed by atoms with Gasteiger partial charge < -0.3 is 28.8 Å². The standard InChI is InChI=1S/C13H21NO8/c1-11(2)18-5-7(20-11)8-13(15,6-14(16)17)9-10(19-8)22-12(3,4)21-9/h7-10,15H,5-6H2,1-4H3/t7-,8+,9+,10-,13-/m1/s1. The Labute approximate surface area is 127 Å². The molecule has 9 nitrogen and oxygen atoms in total. The van der Waals surface area contributed by atoms with Gasteiger partial charge >= 0.3 is 0 Å². The van der Waals surface area contributed by atoms with Gasteiger partial charge in [0.1, 0.15) is 18.3 Å². The number of nitrogens with zero attached hydrogens (tertiary/aromatic N) is 1. The van der Waals surface area contributed by atoms with E-state index in [1.54, 1.807) is 27.7 Å². The highest BCUT2D eigenvalue weighted by Crippen LogP contribution is 2.46. The van der Waals surface area contributed by atoms with Crippen molar-refractivity contribution < 1.29 is 33.7 Å². The van der Waals surface area contributed by atoms with E-state index in [1.807, 2.05) is 0 Å². The first-order valence-corrected chi connectivity index (χ1v) is 7.19. The Balaban J connectivity index is 1.86. The zero-order valence-corrected chi connectivity index (χ0v) is 13.0. The minimum absolute atomic E-state index is 0.167. The van der Waals surface area contributed by atoms with Gasteiger partial charge in [-0.15, -0.1) is 0 Å². The van der Waals surface area contributed by atoms with Gasteiger partial charge in [-0.1, -0.05) is 0 Å². The molecule has 0 aliphatic carbocycles. The summed E-state index contributed by atoms with van der Waals surface area (Å²) >= 11 is 0. The molecule has 1 N–H and O–H groups in total. The van der Waals surface area contributed by atoms with Crippen LogP contribution in [-0.4, -0.2) is 65.0 Å². The molecule has 0 spiro atoms. The average Bonchev–Trinajstić information content (AvgIpc) is 2.91. The Morgan fingerprint density at radius 2 is 1.82 bits per heavy atom. The van der Waals surface area contributed by atoms with Crippen LogP contribution >= 0.6 is 0 Å². The van der Waals surface area contributed by atoms with Crippen molar-refractivity contribution in [1.82, 2.24) is 0 Å². The normalized spacial score (nSPS) is 45.9. The molecule has 0 saturated carbocycles. The fourth-order valence-corrected chi connectivity index (χ4v) is 3.25. The minimum Gasteiger partial charge on any atom is -0.378 e. The van der Waals surface area contributed by atoms with Gasteiger partial charge in [-0.25, -0.2) is 0 Å². The molecule has 3 heterocycles. The average molecular weight is 319 g/mol. The van der Waals surface area contributed by atoms with Gasteiger partial charge in [-0.2, -0.15) is 0 Å². The predicted molar refractivity (Wildman–Crippen MR) is 70.4 cm³/mol. The van der Waals surface area contributed by atoms with Crippen LogP contribution in [0.4, 0.5) is 0 Å². The van der Waals surface area contributed by atoms with E-state index in [0.717, 1.165) is 0 Å². The molecule has 0 radical (unpaired) electrons. The van der Waals surface area contributed by atoms with E-state index < -0.39 is 53.2 Å². The lowest BCUT2D eigenvalue weighted by Crippen LogP contribution is -2.58. The molecule has 0 unspecified atom stereocenters. The summed E-state index contributed by atoms with van der Waals surface area (Å²) in [6, 6.07) is 0. The second-order valence-corrected chi connectivity index (χ2v) is 6.83. The van der Waals surface area contributed by atoms with Crippen LogP contribution in [0.25, 0.3) is 0 Å². The Morgan fingerprint density at radius 1 is 1.14 bits per heavy atom. The smallest absolute Gasteiger partial charge is 0.237 e. The first-order chi connectivity index (χ1) is 10.0. The largest absolute Gasteiger partial charge is 0.378 e. The Morgan fingerprint density at radius 3 is 2.36 bits per heavy atom. The molecule has 3 fully saturated rings. The third-order valence-electron chi connectivity index (χ3n) is 4.07. The quantitative estimate of drug-likeness (QED) is 0.573. The highest BCUT2D eigenvalue weighted by molar-refractivity contribution is 5.08. The van der Waals surface area contributed by atoms with Crippen molar-refractivity contribution in [2.24, 2.45) is 0 Å². The lowest BCUT2D eigenvalue weighted by Gasteiger charge is -2.33. The van der Waals surface area contributed by atoms with E-state index in [4.69, 9.17) is 23.7 Å². The summed E-state index contributed by atoms with van der Waals surface area (Å²) in [7, 11) is 0. The number of aliphatic hydroxyl groups is 1. The second kappa shape index (κ2) is 4.83. The lowest BCUT2D eigenvalue weighted by atomic mass is 9.89. The van der Waals surface area contributed by atoms with Crippen molar-refractivity contribution in [3.05, 3.63) is 10.1 Å². The van der Waals surface area contributed by atoms with Gasteiger partial charge in [-0.3, -0.25) is 10.1 Å². The molecule has 3 saturated heterocycles.